The highest BCUT2D eigenvalue weighted by molar-refractivity contribution is 7.89. The Morgan fingerprint density at radius 1 is 1.14 bits per heavy atom. The molecule has 8 nitrogen and oxygen atoms in total. The molecule has 1 saturated heterocycles. The molecule has 0 spiro atoms. The summed E-state index contributed by atoms with van der Waals surface area (Å²) in [6.45, 7) is 4.05. The molecule has 0 radical (unpaired) electrons. The number of amides is 1. The van der Waals surface area contributed by atoms with Crippen LogP contribution in [0, 0.1) is 19.8 Å². The highest BCUT2D eigenvalue weighted by Gasteiger charge is 2.36. The van der Waals surface area contributed by atoms with Gasteiger partial charge in [-0.3, -0.25) is 4.79 Å². The molecule has 1 fully saturated rings. The van der Waals surface area contributed by atoms with Crippen molar-refractivity contribution in [1.82, 2.24) is 9.46 Å². The first-order valence-corrected chi connectivity index (χ1v) is 13.4. The summed E-state index contributed by atoms with van der Waals surface area (Å²) in [5, 5.41) is 7.15. The summed E-state index contributed by atoms with van der Waals surface area (Å²) in [7, 11) is -2.33. The van der Waals surface area contributed by atoms with E-state index in [1.807, 2.05) is 31.2 Å². The van der Waals surface area contributed by atoms with E-state index in [1.165, 1.54) is 11.4 Å². The van der Waals surface area contributed by atoms with Gasteiger partial charge in [0.15, 0.2) is 10.7 Å². The Bertz CT molecular complexity index is 1380. The molecule has 4 rings (SSSR count). The summed E-state index contributed by atoms with van der Waals surface area (Å²) < 4.78 is 38.8. The molecule has 190 valence electrons. The Morgan fingerprint density at radius 3 is 2.47 bits per heavy atom. The normalized spacial score (nSPS) is 15.3. The van der Waals surface area contributed by atoms with Crippen molar-refractivity contribution in [3.8, 4) is 5.75 Å². The van der Waals surface area contributed by atoms with Crippen molar-refractivity contribution < 1.29 is 22.5 Å². The Hall–Kier alpha value is -3.14. The van der Waals surface area contributed by atoms with Crippen molar-refractivity contribution in [2.24, 2.45) is 5.92 Å². The SMILES string of the molecule is COc1ccc(NC(=O)C2CCN(S(=O)(=O)c3c(C)noc3/C=C/c3ccc(C)cc3)CC2)cc1Cl. The monoisotopic (exact) mass is 529 g/mol. The van der Waals surface area contributed by atoms with E-state index in [9.17, 15) is 13.2 Å². The average molecular weight is 530 g/mol. The minimum Gasteiger partial charge on any atom is -0.495 e. The molecule has 1 aromatic heterocycles. The van der Waals surface area contributed by atoms with Crippen LogP contribution >= 0.6 is 11.6 Å². The van der Waals surface area contributed by atoms with E-state index >= 15 is 0 Å². The lowest BCUT2D eigenvalue weighted by Gasteiger charge is -2.30. The summed E-state index contributed by atoms with van der Waals surface area (Å²) in [6.07, 6.45) is 4.21. The Kier molecular flexibility index (Phi) is 7.82. The van der Waals surface area contributed by atoms with Gasteiger partial charge in [-0.1, -0.05) is 52.7 Å². The van der Waals surface area contributed by atoms with E-state index in [2.05, 4.69) is 10.5 Å². The fraction of sp³-hybridized carbons (Fsp3) is 0.308. The van der Waals surface area contributed by atoms with E-state index in [4.69, 9.17) is 20.9 Å². The minimum absolute atomic E-state index is 0.0571. The third-order valence-corrected chi connectivity index (χ3v) is 8.53. The fourth-order valence-electron chi connectivity index (χ4n) is 4.12. The second kappa shape index (κ2) is 10.9. The Labute approximate surface area is 215 Å². The highest BCUT2D eigenvalue weighted by atomic mass is 35.5. The molecule has 3 aromatic rings. The van der Waals surface area contributed by atoms with E-state index in [0.717, 1.165) is 11.1 Å². The summed E-state index contributed by atoms with van der Waals surface area (Å²) >= 11 is 6.14. The first-order valence-electron chi connectivity index (χ1n) is 11.5. The van der Waals surface area contributed by atoms with Crippen LogP contribution in [0.4, 0.5) is 5.69 Å². The first kappa shape index (κ1) is 25.9. The third kappa shape index (κ3) is 5.64. The van der Waals surface area contributed by atoms with Crippen LogP contribution in [0.3, 0.4) is 0 Å². The Morgan fingerprint density at radius 2 is 1.83 bits per heavy atom. The van der Waals surface area contributed by atoms with Crippen molar-refractivity contribution in [2.75, 3.05) is 25.5 Å². The van der Waals surface area contributed by atoms with Gasteiger partial charge in [0.25, 0.3) is 0 Å². The van der Waals surface area contributed by atoms with Gasteiger partial charge >= 0.3 is 0 Å². The zero-order chi connectivity index (χ0) is 25.9. The number of nitrogens with zero attached hydrogens (tertiary/aromatic N) is 2. The number of hydrogen-bond donors (Lipinski definition) is 1. The third-order valence-electron chi connectivity index (χ3n) is 6.18. The standard InChI is InChI=1S/C26H28ClN3O5S/c1-17-4-6-19(7-5-17)8-10-24-25(18(2)29-35-24)36(32,33)30-14-12-20(13-15-30)26(31)28-21-9-11-23(34-3)22(27)16-21/h4-11,16,20H,12-15H2,1-3H3,(H,28,31)/b10-8+. The van der Waals surface area contributed by atoms with Crippen molar-refractivity contribution in [3.05, 3.63) is 70.1 Å². The van der Waals surface area contributed by atoms with E-state index < -0.39 is 10.0 Å². The van der Waals surface area contributed by atoms with Gasteiger partial charge in [0.1, 0.15) is 11.4 Å². The number of carbonyl (C=O) groups is 1. The number of methoxy groups -OCH3 is 1. The van der Waals surface area contributed by atoms with Crippen molar-refractivity contribution in [1.29, 1.82) is 0 Å². The molecule has 0 aliphatic carbocycles. The predicted octanol–water partition coefficient (Wildman–Crippen LogP) is 5.16. The number of aryl methyl sites for hydroxylation is 2. The summed E-state index contributed by atoms with van der Waals surface area (Å²) in [5.41, 5.74) is 2.92. The van der Waals surface area contributed by atoms with Gasteiger partial charge in [-0.05, 0) is 56.5 Å². The maximum Gasteiger partial charge on any atom is 0.248 e. The number of hydrogen-bond acceptors (Lipinski definition) is 6. The van der Waals surface area contributed by atoms with Crippen LogP contribution < -0.4 is 10.1 Å². The van der Waals surface area contributed by atoms with Gasteiger partial charge in [0, 0.05) is 24.7 Å². The molecule has 1 N–H and O–H groups in total. The van der Waals surface area contributed by atoms with E-state index in [1.54, 1.807) is 37.3 Å². The number of nitrogens with one attached hydrogen (secondary N) is 1. The van der Waals surface area contributed by atoms with Crippen LogP contribution in [-0.2, 0) is 14.8 Å². The van der Waals surface area contributed by atoms with Gasteiger partial charge in [-0.25, -0.2) is 8.42 Å². The van der Waals surface area contributed by atoms with Gasteiger partial charge < -0.3 is 14.6 Å². The Balaban J connectivity index is 1.43. The zero-order valence-corrected chi connectivity index (χ0v) is 21.9. The van der Waals surface area contributed by atoms with E-state index in [-0.39, 0.29) is 35.6 Å². The van der Waals surface area contributed by atoms with Crippen molar-refractivity contribution in [2.45, 2.75) is 31.6 Å². The highest BCUT2D eigenvalue weighted by Crippen LogP contribution is 2.31. The minimum atomic E-state index is -3.85. The molecule has 10 heteroatoms. The molecule has 0 atom stereocenters. The summed E-state index contributed by atoms with van der Waals surface area (Å²) in [4.78, 5) is 12.8. The van der Waals surface area contributed by atoms with Gasteiger partial charge in [0.2, 0.25) is 15.9 Å². The lowest BCUT2D eigenvalue weighted by atomic mass is 9.97. The maximum absolute atomic E-state index is 13.5. The van der Waals surface area contributed by atoms with E-state index in [0.29, 0.717) is 35.0 Å². The lowest BCUT2D eigenvalue weighted by molar-refractivity contribution is -0.120. The molecule has 2 aromatic carbocycles. The number of sulfonamides is 1. The predicted molar refractivity (Wildman–Crippen MR) is 139 cm³/mol. The van der Waals surface area contributed by atoms with Crippen LogP contribution in [0.5, 0.6) is 5.75 Å². The van der Waals surface area contributed by atoms with Gasteiger partial charge in [-0.2, -0.15) is 4.31 Å². The molecule has 0 saturated carbocycles. The number of aromatic nitrogens is 1. The first-order chi connectivity index (χ1) is 17.2. The molecule has 1 aliphatic rings. The number of benzene rings is 2. The summed E-state index contributed by atoms with van der Waals surface area (Å²) in [6, 6.07) is 12.9. The van der Waals surface area contributed by atoms with Crippen LogP contribution in [0.2, 0.25) is 5.02 Å². The number of piperidine rings is 1. The number of ether oxygens (including phenoxy) is 1. The van der Waals surface area contributed by atoms with Gasteiger partial charge in [0.05, 0.1) is 12.1 Å². The maximum atomic E-state index is 13.5. The smallest absolute Gasteiger partial charge is 0.248 e. The van der Waals surface area contributed by atoms with Crippen molar-refractivity contribution in [3.63, 3.8) is 0 Å². The molecule has 2 heterocycles. The largest absolute Gasteiger partial charge is 0.495 e. The zero-order valence-electron chi connectivity index (χ0n) is 20.3. The average Bonchev–Trinajstić information content (AvgIpc) is 3.25. The number of carbonyl (C=O) groups excluding carboxylic acids is 1. The molecule has 1 aliphatic heterocycles. The number of halogens is 1. The lowest BCUT2D eigenvalue weighted by Crippen LogP contribution is -2.41. The fourth-order valence-corrected chi connectivity index (χ4v) is 6.10. The number of rotatable bonds is 7. The quantitative estimate of drug-likeness (QED) is 0.453. The molecule has 36 heavy (non-hydrogen) atoms. The summed E-state index contributed by atoms with van der Waals surface area (Å²) in [5.74, 6) is 0.215. The molecular weight excluding hydrogens is 502 g/mol. The second-order valence-corrected chi connectivity index (χ2v) is 11.0. The van der Waals surface area contributed by atoms with Crippen LogP contribution in [-0.4, -0.2) is 44.0 Å². The molecule has 0 bridgehead atoms. The van der Waals surface area contributed by atoms with Crippen LogP contribution in [0.15, 0.2) is 51.9 Å². The second-order valence-electron chi connectivity index (χ2n) is 8.72. The topological polar surface area (TPSA) is 102 Å². The number of anilines is 1. The van der Waals surface area contributed by atoms with Crippen molar-refractivity contribution >= 4 is 45.4 Å². The van der Waals surface area contributed by atoms with Crippen LogP contribution in [0.25, 0.3) is 12.2 Å². The molecule has 0 unspecified atom stereocenters. The van der Waals surface area contributed by atoms with Crippen LogP contribution in [0.1, 0.15) is 35.4 Å². The molecular formula is C26H28ClN3O5S. The van der Waals surface area contributed by atoms with Gasteiger partial charge in [-0.15, -0.1) is 0 Å². The molecule has 1 amide bonds.